The number of hydrogen-bond donors (Lipinski definition) is 0. The summed E-state index contributed by atoms with van der Waals surface area (Å²) in [5.74, 6) is -1.43. The molecule has 8 heteroatoms. The first-order valence-corrected chi connectivity index (χ1v) is 12.9. The van der Waals surface area contributed by atoms with Crippen LogP contribution >= 0.6 is 0 Å². The van der Waals surface area contributed by atoms with Crippen molar-refractivity contribution < 1.29 is 27.5 Å². The molecule has 1 heterocycles. The third kappa shape index (κ3) is 5.90. The highest BCUT2D eigenvalue weighted by Gasteiger charge is 2.42. The zero-order chi connectivity index (χ0) is 23.5. The predicted molar refractivity (Wildman–Crippen MR) is 121 cm³/mol. The fourth-order valence-electron chi connectivity index (χ4n) is 4.72. The van der Waals surface area contributed by atoms with Crippen LogP contribution in [0.3, 0.4) is 0 Å². The Labute approximate surface area is 191 Å². The molecule has 1 saturated heterocycles. The van der Waals surface area contributed by atoms with Gasteiger partial charge in [0.05, 0.1) is 28.7 Å². The molecule has 0 bridgehead atoms. The van der Waals surface area contributed by atoms with Crippen molar-refractivity contribution in [3.05, 3.63) is 29.8 Å². The zero-order valence-corrected chi connectivity index (χ0v) is 20.3. The second-order valence-electron chi connectivity index (χ2n) is 9.90. The van der Waals surface area contributed by atoms with Crippen molar-refractivity contribution in [2.24, 2.45) is 5.92 Å². The van der Waals surface area contributed by atoms with Gasteiger partial charge in [0.1, 0.15) is 5.60 Å². The van der Waals surface area contributed by atoms with E-state index in [1.54, 1.807) is 6.07 Å². The fourth-order valence-corrected chi connectivity index (χ4v) is 6.54. The van der Waals surface area contributed by atoms with Gasteiger partial charge in [-0.05, 0) is 58.2 Å². The van der Waals surface area contributed by atoms with E-state index in [0.717, 1.165) is 25.7 Å². The van der Waals surface area contributed by atoms with E-state index in [9.17, 15) is 18.0 Å². The summed E-state index contributed by atoms with van der Waals surface area (Å²) in [4.78, 5) is 27.1. The molecular formula is C24H35NO6S. The molecule has 2 fully saturated rings. The predicted octanol–water partition coefficient (Wildman–Crippen LogP) is 3.61. The minimum atomic E-state index is -3.77. The van der Waals surface area contributed by atoms with Gasteiger partial charge in [-0.1, -0.05) is 25.3 Å². The van der Waals surface area contributed by atoms with Crippen LogP contribution in [0, 0.1) is 5.92 Å². The monoisotopic (exact) mass is 465 g/mol. The van der Waals surface area contributed by atoms with Crippen molar-refractivity contribution >= 4 is 21.8 Å². The number of nitrogens with zero attached hydrogens (tertiary/aromatic N) is 1. The molecule has 0 amide bonds. The molecule has 32 heavy (non-hydrogen) atoms. The van der Waals surface area contributed by atoms with E-state index in [4.69, 9.17) is 9.47 Å². The zero-order valence-electron chi connectivity index (χ0n) is 19.5. The Kier molecular flexibility index (Phi) is 7.65. The fraction of sp³-hybridized carbons (Fsp3) is 0.667. The van der Waals surface area contributed by atoms with E-state index >= 15 is 0 Å². The van der Waals surface area contributed by atoms with Crippen LogP contribution in [0.25, 0.3) is 0 Å². The molecule has 1 aromatic carbocycles. The number of likely N-dealkylation sites (tertiary alicyclic amines) is 1. The lowest BCUT2D eigenvalue weighted by molar-refractivity contribution is -0.162. The van der Waals surface area contributed by atoms with Gasteiger partial charge in [-0.2, -0.15) is 0 Å². The van der Waals surface area contributed by atoms with Crippen LogP contribution in [0.1, 0.15) is 69.7 Å². The van der Waals surface area contributed by atoms with Crippen molar-refractivity contribution in [1.29, 1.82) is 0 Å². The second-order valence-corrected chi connectivity index (χ2v) is 12.1. The quantitative estimate of drug-likeness (QED) is 0.614. The number of ether oxygens (including phenoxy) is 2. The minimum Gasteiger partial charge on any atom is -0.465 e. The van der Waals surface area contributed by atoms with E-state index in [0.29, 0.717) is 13.1 Å². The number of piperidine rings is 1. The van der Waals surface area contributed by atoms with Gasteiger partial charge in [0.2, 0.25) is 0 Å². The summed E-state index contributed by atoms with van der Waals surface area (Å²) < 4.78 is 37.6. The summed E-state index contributed by atoms with van der Waals surface area (Å²) >= 11 is 0. The maximum absolute atomic E-state index is 13.6. The molecule has 0 aromatic heterocycles. The van der Waals surface area contributed by atoms with Gasteiger partial charge in [-0.15, -0.1) is 0 Å². The molecule has 178 valence electrons. The van der Waals surface area contributed by atoms with Gasteiger partial charge in [0.25, 0.3) is 0 Å². The van der Waals surface area contributed by atoms with Gasteiger partial charge in [-0.25, -0.2) is 13.2 Å². The number of sulfone groups is 1. The third-order valence-electron chi connectivity index (χ3n) is 6.29. The van der Waals surface area contributed by atoms with Crippen LogP contribution in [-0.4, -0.2) is 62.3 Å². The standard InChI is InChI=1S/C24H35NO6S/c1-24(2,3)31-23(27)18-14-21(16-25(15-18)19-10-6-5-7-11-19)32(28,29)20-12-8-9-17(13-20)22(26)30-4/h8-9,12-13,18-19,21H,5-7,10-11,14-16H2,1-4H3. The summed E-state index contributed by atoms with van der Waals surface area (Å²) in [6.07, 6.45) is 5.69. The molecule has 2 unspecified atom stereocenters. The number of benzene rings is 1. The molecule has 0 spiro atoms. The average molecular weight is 466 g/mol. The number of esters is 2. The maximum atomic E-state index is 13.6. The molecule has 1 aliphatic carbocycles. The van der Waals surface area contributed by atoms with Crippen LogP contribution in [0.5, 0.6) is 0 Å². The number of methoxy groups -OCH3 is 1. The van der Waals surface area contributed by atoms with Crippen molar-refractivity contribution in [2.45, 2.75) is 81.1 Å². The van der Waals surface area contributed by atoms with E-state index < -0.39 is 32.6 Å². The molecule has 2 aliphatic rings. The first kappa shape index (κ1) is 24.7. The number of hydrogen-bond acceptors (Lipinski definition) is 7. The van der Waals surface area contributed by atoms with Crippen molar-refractivity contribution in [2.75, 3.05) is 20.2 Å². The molecule has 1 aromatic rings. The first-order valence-electron chi connectivity index (χ1n) is 11.4. The topological polar surface area (TPSA) is 90.0 Å². The highest BCUT2D eigenvalue weighted by molar-refractivity contribution is 7.92. The molecule has 0 N–H and O–H groups in total. The average Bonchev–Trinajstić information content (AvgIpc) is 2.77. The lowest BCUT2D eigenvalue weighted by Crippen LogP contribution is -2.53. The Bertz CT molecular complexity index is 930. The Morgan fingerprint density at radius 1 is 1.06 bits per heavy atom. The summed E-state index contributed by atoms with van der Waals surface area (Å²) in [7, 11) is -2.50. The minimum absolute atomic E-state index is 0.0823. The largest absolute Gasteiger partial charge is 0.465 e. The van der Waals surface area contributed by atoms with Gasteiger partial charge in [0, 0.05) is 19.1 Å². The second kappa shape index (κ2) is 9.91. The summed E-state index contributed by atoms with van der Waals surface area (Å²) in [5, 5.41) is -0.747. The number of rotatable bonds is 5. The summed E-state index contributed by atoms with van der Waals surface area (Å²) in [5.41, 5.74) is -0.440. The van der Waals surface area contributed by atoms with Crippen LogP contribution in [0.15, 0.2) is 29.2 Å². The normalized spacial score (nSPS) is 23.5. The van der Waals surface area contributed by atoms with Gasteiger partial charge in [-0.3, -0.25) is 9.69 Å². The SMILES string of the molecule is COC(=O)c1cccc(S(=O)(=O)C2CC(C(=O)OC(C)(C)C)CN(C3CCCCC3)C2)c1. The Morgan fingerprint density at radius 2 is 1.75 bits per heavy atom. The molecule has 2 atom stereocenters. The van der Waals surface area contributed by atoms with E-state index in [-0.39, 0.29) is 28.9 Å². The smallest absolute Gasteiger partial charge is 0.337 e. The third-order valence-corrected chi connectivity index (χ3v) is 8.42. The van der Waals surface area contributed by atoms with Gasteiger partial charge < -0.3 is 9.47 Å². The lowest BCUT2D eigenvalue weighted by Gasteiger charge is -2.42. The van der Waals surface area contributed by atoms with Crippen LogP contribution in [-0.2, 0) is 24.1 Å². The van der Waals surface area contributed by atoms with Crippen LogP contribution in [0.4, 0.5) is 0 Å². The van der Waals surface area contributed by atoms with Gasteiger partial charge >= 0.3 is 11.9 Å². The number of carbonyl (C=O) groups is 2. The van der Waals surface area contributed by atoms with Crippen molar-refractivity contribution in [3.63, 3.8) is 0 Å². The molecule has 0 radical (unpaired) electrons. The maximum Gasteiger partial charge on any atom is 0.337 e. The van der Waals surface area contributed by atoms with Gasteiger partial charge in [0.15, 0.2) is 9.84 Å². The molecule has 3 rings (SSSR count). The van der Waals surface area contributed by atoms with Crippen LogP contribution in [0.2, 0.25) is 0 Å². The lowest BCUT2D eigenvalue weighted by atomic mass is 9.90. The molecule has 7 nitrogen and oxygen atoms in total. The van der Waals surface area contributed by atoms with Crippen LogP contribution < -0.4 is 0 Å². The number of carbonyl (C=O) groups excluding carboxylic acids is 2. The summed E-state index contributed by atoms with van der Waals surface area (Å²) in [6, 6.07) is 6.23. The molecular weight excluding hydrogens is 430 g/mol. The first-order chi connectivity index (χ1) is 15.0. The molecule has 1 aliphatic heterocycles. The highest BCUT2D eigenvalue weighted by atomic mass is 32.2. The van der Waals surface area contributed by atoms with Crippen molar-refractivity contribution in [3.8, 4) is 0 Å². The molecule has 1 saturated carbocycles. The Hall–Kier alpha value is -1.93. The summed E-state index contributed by atoms with van der Waals surface area (Å²) in [6.45, 7) is 6.36. The highest BCUT2D eigenvalue weighted by Crippen LogP contribution is 2.33. The van der Waals surface area contributed by atoms with E-state index in [2.05, 4.69) is 4.90 Å². The Balaban J connectivity index is 1.90. The Morgan fingerprint density at radius 3 is 2.38 bits per heavy atom. The van der Waals surface area contributed by atoms with E-state index in [1.165, 1.54) is 31.7 Å². The van der Waals surface area contributed by atoms with E-state index in [1.807, 2.05) is 20.8 Å². The van der Waals surface area contributed by atoms with Crippen molar-refractivity contribution in [1.82, 2.24) is 4.90 Å².